The van der Waals surface area contributed by atoms with Crippen LogP contribution in [0.3, 0.4) is 0 Å². The number of carbonyl (C=O) groups is 2. The van der Waals surface area contributed by atoms with Gasteiger partial charge in [0.05, 0.1) is 12.0 Å². The van der Waals surface area contributed by atoms with Gasteiger partial charge in [-0.25, -0.2) is 13.1 Å². The molecule has 40 heavy (non-hydrogen) atoms. The number of nitrogens with zero attached hydrogens (tertiary/aromatic N) is 2. The second kappa shape index (κ2) is 11.6. The van der Waals surface area contributed by atoms with Gasteiger partial charge in [0, 0.05) is 55.3 Å². The maximum Gasteiger partial charge on any atom is 0.265 e. The first-order chi connectivity index (χ1) is 18.9. The SMILES string of the molecule is COc1cc(C(=O)NS(=O)(=O)c2ccccc2C)ccc1Cc1cn(C)c2ccc(C(=O)N(C)CC(C)C)cc12. The Hall–Kier alpha value is -4.11. The average molecular weight is 562 g/mol. The molecule has 0 aliphatic rings. The molecule has 0 bridgehead atoms. The van der Waals surface area contributed by atoms with Crippen molar-refractivity contribution in [3.05, 3.63) is 94.7 Å². The van der Waals surface area contributed by atoms with Crippen molar-refractivity contribution in [3.8, 4) is 5.75 Å². The Morgan fingerprint density at radius 3 is 2.38 bits per heavy atom. The Kier molecular flexibility index (Phi) is 8.34. The van der Waals surface area contributed by atoms with Gasteiger partial charge in [-0.3, -0.25) is 9.59 Å². The third-order valence-electron chi connectivity index (χ3n) is 6.84. The number of rotatable bonds is 9. The van der Waals surface area contributed by atoms with Crippen LogP contribution in [-0.4, -0.2) is 50.4 Å². The Bertz CT molecular complexity index is 1690. The summed E-state index contributed by atoms with van der Waals surface area (Å²) < 4.78 is 35.4. The van der Waals surface area contributed by atoms with E-state index in [-0.39, 0.29) is 16.4 Å². The Labute approximate surface area is 235 Å². The minimum Gasteiger partial charge on any atom is -0.496 e. The van der Waals surface area contributed by atoms with Gasteiger partial charge in [0.1, 0.15) is 5.75 Å². The number of fused-ring (bicyclic) bond motifs is 1. The van der Waals surface area contributed by atoms with Gasteiger partial charge >= 0.3 is 0 Å². The first-order valence-corrected chi connectivity index (χ1v) is 14.5. The van der Waals surface area contributed by atoms with Crippen molar-refractivity contribution in [1.82, 2.24) is 14.2 Å². The number of carbonyl (C=O) groups excluding carboxylic acids is 2. The largest absolute Gasteiger partial charge is 0.496 e. The zero-order valence-electron chi connectivity index (χ0n) is 23.7. The van der Waals surface area contributed by atoms with Gasteiger partial charge in [0.2, 0.25) is 0 Å². The molecule has 8 nitrogen and oxygen atoms in total. The minimum absolute atomic E-state index is 0.0287. The van der Waals surface area contributed by atoms with Crippen molar-refractivity contribution in [2.45, 2.75) is 32.1 Å². The number of hydrogen-bond donors (Lipinski definition) is 1. The highest BCUT2D eigenvalue weighted by molar-refractivity contribution is 7.90. The molecule has 0 aliphatic heterocycles. The van der Waals surface area contributed by atoms with E-state index in [4.69, 9.17) is 4.74 Å². The first kappa shape index (κ1) is 28.9. The van der Waals surface area contributed by atoms with Crippen molar-refractivity contribution in [2.75, 3.05) is 20.7 Å². The summed E-state index contributed by atoms with van der Waals surface area (Å²) in [5.41, 5.74) is 4.14. The van der Waals surface area contributed by atoms with Gasteiger partial charge < -0.3 is 14.2 Å². The van der Waals surface area contributed by atoms with E-state index in [1.807, 2.05) is 43.1 Å². The quantitative estimate of drug-likeness (QED) is 0.312. The zero-order chi connectivity index (χ0) is 29.2. The summed E-state index contributed by atoms with van der Waals surface area (Å²) in [4.78, 5) is 27.7. The number of nitrogens with one attached hydrogen (secondary N) is 1. The monoisotopic (exact) mass is 561 g/mol. The van der Waals surface area contributed by atoms with E-state index in [1.165, 1.54) is 13.2 Å². The molecular formula is C31H35N3O5S. The lowest BCUT2D eigenvalue weighted by molar-refractivity contribution is 0.0779. The van der Waals surface area contributed by atoms with Crippen LogP contribution in [0.2, 0.25) is 0 Å². The summed E-state index contributed by atoms with van der Waals surface area (Å²) in [5, 5.41) is 0.958. The van der Waals surface area contributed by atoms with Gasteiger partial charge in [-0.2, -0.15) is 0 Å². The number of benzene rings is 3. The van der Waals surface area contributed by atoms with Crippen molar-refractivity contribution in [3.63, 3.8) is 0 Å². The molecular weight excluding hydrogens is 526 g/mol. The number of ether oxygens (including phenoxy) is 1. The van der Waals surface area contributed by atoms with Gasteiger partial charge in [-0.15, -0.1) is 0 Å². The predicted molar refractivity (Wildman–Crippen MR) is 156 cm³/mol. The Morgan fingerprint density at radius 1 is 1.00 bits per heavy atom. The summed E-state index contributed by atoms with van der Waals surface area (Å²) in [6.07, 6.45) is 2.51. The van der Waals surface area contributed by atoms with E-state index < -0.39 is 15.9 Å². The smallest absolute Gasteiger partial charge is 0.265 e. The number of amides is 2. The molecule has 3 aromatic carbocycles. The molecule has 0 saturated heterocycles. The Balaban J connectivity index is 1.61. The standard InChI is InChI=1S/C31H35N3O5S/c1-20(2)18-34(5)31(36)24-13-14-27-26(16-24)25(19-33(27)4)15-22-11-12-23(17-28(22)39-6)30(35)32-40(37,38)29-10-8-7-9-21(29)3/h7-14,16-17,19-20H,15,18H2,1-6H3,(H,32,35). The third kappa shape index (κ3) is 6.04. The maximum absolute atomic E-state index is 13.0. The maximum atomic E-state index is 13.0. The molecule has 210 valence electrons. The van der Waals surface area contributed by atoms with Crippen LogP contribution in [0.5, 0.6) is 5.75 Å². The fraction of sp³-hybridized carbons (Fsp3) is 0.290. The lowest BCUT2D eigenvalue weighted by Crippen LogP contribution is -2.31. The molecule has 0 saturated carbocycles. The van der Waals surface area contributed by atoms with E-state index in [9.17, 15) is 18.0 Å². The molecule has 1 aromatic heterocycles. The molecule has 4 rings (SSSR count). The molecule has 0 aliphatic carbocycles. The van der Waals surface area contributed by atoms with Crippen molar-refractivity contribution in [2.24, 2.45) is 13.0 Å². The molecule has 0 unspecified atom stereocenters. The van der Waals surface area contributed by atoms with Gasteiger partial charge in [0.15, 0.2) is 0 Å². The second-order valence-corrected chi connectivity index (χ2v) is 12.1. The highest BCUT2D eigenvalue weighted by atomic mass is 32.2. The lowest BCUT2D eigenvalue weighted by atomic mass is 10.0. The normalized spacial score (nSPS) is 11.6. The number of methoxy groups -OCH3 is 1. The van der Waals surface area contributed by atoms with Crippen molar-refractivity contribution in [1.29, 1.82) is 0 Å². The fourth-order valence-electron chi connectivity index (χ4n) is 4.93. The number of hydrogen-bond acceptors (Lipinski definition) is 5. The molecule has 0 spiro atoms. The first-order valence-electron chi connectivity index (χ1n) is 13.0. The molecule has 2 amide bonds. The summed E-state index contributed by atoms with van der Waals surface area (Å²) >= 11 is 0. The van der Waals surface area contributed by atoms with Crippen molar-refractivity contribution >= 4 is 32.7 Å². The van der Waals surface area contributed by atoms with Crippen LogP contribution < -0.4 is 9.46 Å². The van der Waals surface area contributed by atoms with Gasteiger partial charge in [-0.05, 0) is 65.9 Å². The van der Waals surface area contributed by atoms with E-state index in [1.54, 1.807) is 48.2 Å². The van der Waals surface area contributed by atoms with E-state index in [0.29, 0.717) is 35.8 Å². The second-order valence-electron chi connectivity index (χ2n) is 10.5. The highest BCUT2D eigenvalue weighted by Gasteiger charge is 2.22. The van der Waals surface area contributed by atoms with E-state index in [2.05, 4.69) is 18.6 Å². The van der Waals surface area contributed by atoms with Crippen LogP contribution in [0.4, 0.5) is 0 Å². The number of aryl methyl sites for hydroxylation is 2. The summed E-state index contributed by atoms with van der Waals surface area (Å²) in [5.74, 6) is 0.0535. The number of sulfonamides is 1. The molecule has 4 aromatic rings. The fourth-order valence-corrected chi connectivity index (χ4v) is 6.15. The Morgan fingerprint density at radius 2 is 1.70 bits per heavy atom. The van der Waals surface area contributed by atoms with E-state index >= 15 is 0 Å². The molecule has 0 fully saturated rings. The minimum atomic E-state index is -4.04. The molecule has 0 radical (unpaired) electrons. The van der Waals surface area contributed by atoms with Crippen molar-refractivity contribution < 1.29 is 22.7 Å². The third-order valence-corrected chi connectivity index (χ3v) is 8.34. The topological polar surface area (TPSA) is 97.7 Å². The highest BCUT2D eigenvalue weighted by Crippen LogP contribution is 2.29. The van der Waals surface area contributed by atoms with Crippen LogP contribution in [0.25, 0.3) is 10.9 Å². The summed E-state index contributed by atoms with van der Waals surface area (Å²) in [6, 6.07) is 17.1. The summed E-state index contributed by atoms with van der Waals surface area (Å²) in [6.45, 7) is 6.50. The number of aromatic nitrogens is 1. The van der Waals surface area contributed by atoms with Crippen LogP contribution >= 0.6 is 0 Å². The molecule has 1 N–H and O–H groups in total. The predicted octanol–water partition coefficient (Wildman–Crippen LogP) is 4.93. The van der Waals surface area contributed by atoms with E-state index in [0.717, 1.165) is 22.0 Å². The zero-order valence-corrected chi connectivity index (χ0v) is 24.5. The lowest BCUT2D eigenvalue weighted by Gasteiger charge is -2.19. The van der Waals surface area contributed by atoms with Gasteiger partial charge in [0.25, 0.3) is 21.8 Å². The molecule has 1 heterocycles. The van der Waals surface area contributed by atoms with Crippen LogP contribution in [0, 0.1) is 12.8 Å². The summed E-state index contributed by atoms with van der Waals surface area (Å²) in [7, 11) is 1.24. The van der Waals surface area contributed by atoms with Crippen LogP contribution in [0.1, 0.15) is 51.3 Å². The average Bonchev–Trinajstić information content (AvgIpc) is 3.22. The van der Waals surface area contributed by atoms with Crippen LogP contribution in [0.15, 0.2) is 71.8 Å². The molecule has 0 atom stereocenters. The molecule has 9 heteroatoms. The van der Waals surface area contributed by atoms with Gasteiger partial charge in [-0.1, -0.05) is 38.1 Å². The van der Waals surface area contributed by atoms with Crippen LogP contribution in [-0.2, 0) is 23.5 Å².